The zero-order valence-corrected chi connectivity index (χ0v) is 13.7. The van der Waals surface area contributed by atoms with E-state index in [1.807, 2.05) is 0 Å². The molecule has 1 aromatic carbocycles. The molecular weight excluding hydrogens is 332 g/mol. The highest BCUT2D eigenvalue weighted by Crippen LogP contribution is 2.29. The number of hydrogen-bond donors (Lipinski definition) is 1. The number of aromatic nitrogens is 1. The van der Waals surface area contributed by atoms with Crippen molar-refractivity contribution in [2.24, 2.45) is 0 Å². The van der Waals surface area contributed by atoms with Gasteiger partial charge < -0.3 is 20.0 Å². The highest BCUT2D eigenvalue weighted by molar-refractivity contribution is 6.31. The molecule has 1 saturated heterocycles. The molecule has 1 aliphatic rings. The molecule has 0 saturated carbocycles. The number of amides is 1. The maximum Gasteiger partial charge on any atom is 0.321 e. The number of nitrogens with zero attached hydrogens (tertiary/aromatic N) is 1. The van der Waals surface area contributed by atoms with Gasteiger partial charge in [-0.15, -0.1) is 0 Å². The molecule has 2 heterocycles. The van der Waals surface area contributed by atoms with Crippen molar-refractivity contribution in [1.82, 2.24) is 0 Å². The van der Waals surface area contributed by atoms with Crippen molar-refractivity contribution in [3.05, 3.63) is 58.5 Å². The second-order valence-electron chi connectivity index (χ2n) is 5.45. The van der Waals surface area contributed by atoms with Crippen LogP contribution in [0.3, 0.4) is 0 Å². The van der Waals surface area contributed by atoms with Gasteiger partial charge in [-0.2, -0.15) is 4.73 Å². The Kier molecular flexibility index (Phi) is 5.17. The first kappa shape index (κ1) is 16.5. The number of halogens is 1. The molecule has 1 amide bonds. The number of ether oxygens (including phenoxy) is 2. The average Bonchev–Trinajstić information content (AvgIpc) is 3.08. The fourth-order valence-electron chi connectivity index (χ4n) is 2.47. The van der Waals surface area contributed by atoms with Gasteiger partial charge in [0.1, 0.15) is 12.4 Å². The van der Waals surface area contributed by atoms with E-state index < -0.39 is 5.91 Å². The number of hydrogen-bond acceptors (Lipinski definition) is 4. The van der Waals surface area contributed by atoms with Crippen LogP contribution in [-0.2, 0) is 4.74 Å². The number of carbonyl (C=O) groups excluding carboxylic acids is 1. The summed E-state index contributed by atoms with van der Waals surface area (Å²) in [7, 11) is 0. The summed E-state index contributed by atoms with van der Waals surface area (Å²) < 4.78 is 11.8. The zero-order valence-electron chi connectivity index (χ0n) is 12.9. The first-order chi connectivity index (χ1) is 11.6. The SMILES string of the molecule is O=C(Nc1cc(Cl)ccc1OC[C@@H]1CCCO1)c1cccc[n+]1[O-]. The van der Waals surface area contributed by atoms with E-state index in [2.05, 4.69) is 5.32 Å². The van der Waals surface area contributed by atoms with E-state index in [4.69, 9.17) is 21.1 Å². The maximum atomic E-state index is 12.3. The lowest BCUT2D eigenvalue weighted by atomic mass is 10.2. The highest BCUT2D eigenvalue weighted by Gasteiger charge is 2.19. The molecule has 1 aromatic heterocycles. The van der Waals surface area contributed by atoms with Crippen LogP contribution in [0.5, 0.6) is 5.75 Å². The van der Waals surface area contributed by atoms with E-state index in [1.54, 1.807) is 30.3 Å². The van der Waals surface area contributed by atoms with Crippen molar-refractivity contribution in [3.8, 4) is 5.75 Å². The third-order valence-electron chi connectivity index (χ3n) is 3.70. The quantitative estimate of drug-likeness (QED) is 0.666. The summed E-state index contributed by atoms with van der Waals surface area (Å²) in [6, 6.07) is 9.57. The van der Waals surface area contributed by atoms with Crippen LogP contribution < -0.4 is 14.8 Å². The molecule has 0 spiro atoms. The normalized spacial score (nSPS) is 16.8. The predicted octanol–water partition coefficient (Wildman–Crippen LogP) is 2.78. The van der Waals surface area contributed by atoms with Crippen LogP contribution in [0, 0.1) is 5.21 Å². The molecule has 1 fully saturated rings. The van der Waals surface area contributed by atoms with Crippen LogP contribution in [0.1, 0.15) is 23.3 Å². The second-order valence-corrected chi connectivity index (χ2v) is 5.89. The lowest BCUT2D eigenvalue weighted by Gasteiger charge is -2.15. The molecule has 24 heavy (non-hydrogen) atoms. The fourth-order valence-corrected chi connectivity index (χ4v) is 2.65. The van der Waals surface area contributed by atoms with Gasteiger partial charge in [0.2, 0.25) is 0 Å². The van der Waals surface area contributed by atoms with Gasteiger partial charge in [-0.05, 0) is 37.1 Å². The number of rotatable bonds is 5. The van der Waals surface area contributed by atoms with Crippen LogP contribution in [0.2, 0.25) is 5.02 Å². The van der Waals surface area contributed by atoms with E-state index in [1.165, 1.54) is 12.3 Å². The molecule has 0 aliphatic carbocycles. The molecule has 7 heteroatoms. The minimum Gasteiger partial charge on any atom is -0.618 e. The van der Waals surface area contributed by atoms with Gasteiger partial charge in [-0.1, -0.05) is 11.6 Å². The topological polar surface area (TPSA) is 74.5 Å². The van der Waals surface area contributed by atoms with Crippen molar-refractivity contribution in [3.63, 3.8) is 0 Å². The van der Waals surface area contributed by atoms with Crippen LogP contribution in [0.25, 0.3) is 0 Å². The van der Waals surface area contributed by atoms with Crippen LogP contribution >= 0.6 is 11.6 Å². The minimum absolute atomic E-state index is 0.0115. The monoisotopic (exact) mass is 348 g/mol. The van der Waals surface area contributed by atoms with Gasteiger partial charge >= 0.3 is 5.91 Å². The molecule has 126 valence electrons. The van der Waals surface area contributed by atoms with E-state index in [0.29, 0.717) is 27.8 Å². The summed E-state index contributed by atoms with van der Waals surface area (Å²) in [6.45, 7) is 1.15. The maximum absolute atomic E-state index is 12.3. The Morgan fingerprint density at radius 3 is 3.04 bits per heavy atom. The smallest absolute Gasteiger partial charge is 0.321 e. The Morgan fingerprint density at radius 1 is 1.42 bits per heavy atom. The number of anilines is 1. The van der Waals surface area contributed by atoms with E-state index >= 15 is 0 Å². The van der Waals surface area contributed by atoms with E-state index in [-0.39, 0.29) is 11.8 Å². The number of nitrogens with one attached hydrogen (secondary N) is 1. The molecule has 6 nitrogen and oxygen atoms in total. The number of carbonyl (C=O) groups is 1. The Balaban J connectivity index is 1.75. The summed E-state index contributed by atoms with van der Waals surface area (Å²) >= 11 is 6.01. The summed E-state index contributed by atoms with van der Waals surface area (Å²) in [5, 5.41) is 14.8. The first-order valence-electron chi connectivity index (χ1n) is 7.67. The molecule has 0 radical (unpaired) electrons. The van der Waals surface area contributed by atoms with Crippen molar-refractivity contribution < 1.29 is 19.0 Å². The van der Waals surface area contributed by atoms with E-state index in [0.717, 1.165) is 19.4 Å². The molecular formula is C17H17ClN2O4. The first-order valence-corrected chi connectivity index (χ1v) is 8.05. The molecule has 0 bridgehead atoms. The summed E-state index contributed by atoms with van der Waals surface area (Å²) in [5.41, 5.74) is 0.400. The lowest BCUT2D eigenvalue weighted by molar-refractivity contribution is -0.607. The van der Waals surface area contributed by atoms with Gasteiger partial charge in [0.25, 0.3) is 5.69 Å². The zero-order chi connectivity index (χ0) is 16.9. The average molecular weight is 349 g/mol. The Labute approximate surface area is 144 Å². The summed E-state index contributed by atoms with van der Waals surface area (Å²) in [6.07, 6.45) is 3.30. The standard InChI is InChI=1S/C17H17ClN2O4/c18-12-6-7-16(24-11-13-4-3-9-23-13)14(10-12)19-17(21)15-5-1-2-8-20(15)22/h1-2,5-8,10,13H,3-4,9,11H2,(H,19,21)/t13-/m0/s1. The van der Waals surface area contributed by atoms with Crippen molar-refractivity contribution >= 4 is 23.2 Å². The van der Waals surface area contributed by atoms with Gasteiger partial charge in [-0.25, -0.2) is 0 Å². The van der Waals surface area contributed by atoms with E-state index in [9.17, 15) is 10.0 Å². The molecule has 0 unspecified atom stereocenters. The third kappa shape index (κ3) is 3.96. The van der Waals surface area contributed by atoms with Crippen molar-refractivity contribution in [1.29, 1.82) is 0 Å². The van der Waals surface area contributed by atoms with Crippen molar-refractivity contribution in [2.75, 3.05) is 18.5 Å². The number of pyridine rings is 1. The molecule has 3 rings (SSSR count). The summed E-state index contributed by atoms with van der Waals surface area (Å²) in [5.74, 6) is -0.0496. The Bertz CT molecular complexity index is 732. The molecule has 1 N–H and O–H groups in total. The van der Waals surface area contributed by atoms with Crippen LogP contribution in [0.15, 0.2) is 42.6 Å². The predicted molar refractivity (Wildman–Crippen MR) is 89.3 cm³/mol. The highest BCUT2D eigenvalue weighted by atomic mass is 35.5. The van der Waals surface area contributed by atoms with Gasteiger partial charge in [0.05, 0.1) is 11.8 Å². The number of benzene rings is 1. The fraction of sp³-hybridized carbons (Fsp3) is 0.294. The lowest BCUT2D eigenvalue weighted by Crippen LogP contribution is -2.36. The second kappa shape index (κ2) is 7.51. The summed E-state index contributed by atoms with van der Waals surface area (Å²) in [4.78, 5) is 12.3. The molecule has 2 aromatic rings. The minimum atomic E-state index is -0.533. The van der Waals surface area contributed by atoms with Crippen molar-refractivity contribution in [2.45, 2.75) is 18.9 Å². The van der Waals surface area contributed by atoms with Crippen LogP contribution in [0.4, 0.5) is 5.69 Å². The van der Waals surface area contributed by atoms with Gasteiger partial charge in [0.15, 0.2) is 6.20 Å². The van der Waals surface area contributed by atoms with Gasteiger partial charge in [-0.3, -0.25) is 4.79 Å². The Morgan fingerprint density at radius 2 is 2.29 bits per heavy atom. The molecule has 1 atom stereocenters. The third-order valence-corrected chi connectivity index (χ3v) is 3.93. The van der Waals surface area contributed by atoms with Crippen LogP contribution in [-0.4, -0.2) is 25.2 Å². The Hall–Kier alpha value is -2.31. The van der Waals surface area contributed by atoms with Gasteiger partial charge in [0, 0.05) is 23.8 Å². The largest absolute Gasteiger partial charge is 0.618 e. The molecule has 1 aliphatic heterocycles.